The van der Waals surface area contributed by atoms with E-state index in [1.807, 2.05) is 25.1 Å². The van der Waals surface area contributed by atoms with Crippen LogP contribution in [0.5, 0.6) is 0 Å². The van der Waals surface area contributed by atoms with Gasteiger partial charge in [0.1, 0.15) is 5.82 Å². The van der Waals surface area contributed by atoms with Crippen LogP contribution in [0.15, 0.2) is 18.2 Å². The number of rotatable bonds is 4. The Morgan fingerprint density at radius 2 is 2.17 bits per heavy atom. The fourth-order valence-corrected chi connectivity index (χ4v) is 2.63. The Kier molecular flexibility index (Phi) is 3.39. The van der Waals surface area contributed by atoms with Gasteiger partial charge in [-0.05, 0) is 50.6 Å². The Balaban J connectivity index is 2.26. The Hall–Kier alpha value is -1.42. The number of hydrogen-bond acceptors (Lipinski definition) is 2. The van der Waals surface area contributed by atoms with Crippen LogP contribution < -0.4 is 0 Å². The number of aryl methyl sites for hydroxylation is 1. The SMILES string of the molecule is Cc1cc(C(C2CC2C(=O)O)N(C)C)ccc1F. The number of halogens is 1. The van der Waals surface area contributed by atoms with Gasteiger partial charge in [-0.15, -0.1) is 0 Å². The zero-order valence-electron chi connectivity index (χ0n) is 10.9. The van der Waals surface area contributed by atoms with Crippen LogP contribution in [0.1, 0.15) is 23.6 Å². The van der Waals surface area contributed by atoms with Crippen molar-refractivity contribution in [2.75, 3.05) is 14.1 Å². The molecule has 1 N–H and O–H groups in total. The molecule has 0 saturated heterocycles. The summed E-state index contributed by atoms with van der Waals surface area (Å²) in [5, 5.41) is 9.02. The first-order valence-electron chi connectivity index (χ1n) is 6.07. The average Bonchev–Trinajstić information content (AvgIpc) is 3.03. The van der Waals surface area contributed by atoms with Gasteiger partial charge >= 0.3 is 5.97 Å². The standard InChI is InChI=1S/C14H18FNO2/c1-8-6-9(4-5-12(8)15)13(16(2)3)10-7-11(10)14(17)18/h4-6,10-11,13H,7H2,1-3H3,(H,17,18). The van der Waals surface area contributed by atoms with Gasteiger partial charge in [0.05, 0.1) is 5.92 Å². The molecule has 3 unspecified atom stereocenters. The maximum Gasteiger partial charge on any atom is 0.306 e. The molecule has 18 heavy (non-hydrogen) atoms. The van der Waals surface area contributed by atoms with Crippen molar-refractivity contribution >= 4 is 5.97 Å². The highest BCUT2D eigenvalue weighted by Gasteiger charge is 2.49. The number of carbonyl (C=O) groups is 1. The highest BCUT2D eigenvalue weighted by atomic mass is 19.1. The largest absolute Gasteiger partial charge is 0.481 e. The normalized spacial score (nSPS) is 24.1. The van der Waals surface area contributed by atoms with E-state index in [2.05, 4.69) is 0 Å². The van der Waals surface area contributed by atoms with E-state index in [-0.39, 0.29) is 23.7 Å². The van der Waals surface area contributed by atoms with Crippen LogP contribution in [0.25, 0.3) is 0 Å². The second-order valence-corrected chi connectivity index (χ2v) is 5.26. The molecular formula is C14H18FNO2. The molecule has 0 radical (unpaired) electrons. The molecule has 2 rings (SSSR count). The minimum Gasteiger partial charge on any atom is -0.481 e. The molecule has 4 heteroatoms. The predicted molar refractivity (Wildman–Crippen MR) is 66.8 cm³/mol. The third kappa shape index (κ3) is 2.38. The molecular weight excluding hydrogens is 233 g/mol. The minimum absolute atomic E-state index is 0.0467. The Morgan fingerprint density at radius 1 is 1.50 bits per heavy atom. The molecule has 1 aliphatic carbocycles. The molecule has 1 fully saturated rings. The van der Waals surface area contributed by atoms with Crippen LogP contribution >= 0.6 is 0 Å². The maximum absolute atomic E-state index is 13.3. The summed E-state index contributed by atoms with van der Waals surface area (Å²) in [6, 6.07) is 5.08. The van der Waals surface area contributed by atoms with Crippen molar-refractivity contribution in [3.05, 3.63) is 35.1 Å². The van der Waals surface area contributed by atoms with Gasteiger partial charge in [0.25, 0.3) is 0 Å². The van der Waals surface area contributed by atoms with Crippen molar-refractivity contribution in [3.63, 3.8) is 0 Å². The Bertz CT molecular complexity index is 473. The summed E-state index contributed by atoms with van der Waals surface area (Å²) in [6.45, 7) is 1.73. The topological polar surface area (TPSA) is 40.5 Å². The van der Waals surface area contributed by atoms with Gasteiger partial charge in [-0.25, -0.2) is 4.39 Å². The lowest BCUT2D eigenvalue weighted by Crippen LogP contribution is -2.23. The molecule has 0 heterocycles. The fourth-order valence-electron chi connectivity index (χ4n) is 2.63. The van der Waals surface area contributed by atoms with E-state index in [0.29, 0.717) is 12.0 Å². The first kappa shape index (κ1) is 13.0. The summed E-state index contributed by atoms with van der Waals surface area (Å²) in [4.78, 5) is 13.0. The summed E-state index contributed by atoms with van der Waals surface area (Å²) >= 11 is 0. The number of nitrogens with zero attached hydrogens (tertiary/aromatic N) is 1. The molecule has 0 bridgehead atoms. The Morgan fingerprint density at radius 3 is 2.61 bits per heavy atom. The van der Waals surface area contributed by atoms with Gasteiger partial charge in [0.2, 0.25) is 0 Å². The lowest BCUT2D eigenvalue weighted by Gasteiger charge is -2.25. The van der Waals surface area contributed by atoms with Crippen LogP contribution in [0.4, 0.5) is 4.39 Å². The average molecular weight is 251 g/mol. The van der Waals surface area contributed by atoms with Crippen molar-refractivity contribution in [1.29, 1.82) is 0 Å². The van der Waals surface area contributed by atoms with Gasteiger partial charge in [-0.3, -0.25) is 4.79 Å². The molecule has 98 valence electrons. The van der Waals surface area contributed by atoms with E-state index in [1.54, 1.807) is 13.0 Å². The van der Waals surface area contributed by atoms with E-state index in [0.717, 1.165) is 5.56 Å². The van der Waals surface area contributed by atoms with Crippen molar-refractivity contribution in [2.45, 2.75) is 19.4 Å². The second-order valence-electron chi connectivity index (χ2n) is 5.26. The molecule has 0 amide bonds. The van der Waals surface area contributed by atoms with Crippen molar-refractivity contribution < 1.29 is 14.3 Å². The van der Waals surface area contributed by atoms with E-state index in [1.165, 1.54) is 6.07 Å². The van der Waals surface area contributed by atoms with Gasteiger partial charge in [-0.2, -0.15) is 0 Å². The van der Waals surface area contributed by atoms with E-state index in [9.17, 15) is 9.18 Å². The lowest BCUT2D eigenvalue weighted by atomic mass is 9.98. The molecule has 3 atom stereocenters. The summed E-state index contributed by atoms with van der Waals surface area (Å²) in [7, 11) is 3.86. The first-order chi connectivity index (χ1) is 8.41. The van der Waals surface area contributed by atoms with Gasteiger partial charge < -0.3 is 10.0 Å². The molecule has 0 aromatic heterocycles. The van der Waals surface area contributed by atoms with Gasteiger partial charge in [0, 0.05) is 6.04 Å². The summed E-state index contributed by atoms with van der Waals surface area (Å²) < 4.78 is 13.3. The predicted octanol–water partition coefficient (Wildman–Crippen LogP) is 2.46. The number of carboxylic acid groups (broad SMARTS) is 1. The van der Waals surface area contributed by atoms with E-state index < -0.39 is 5.97 Å². The smallest absolute Gasteiger partial charge is 0.306 e. The molecule has 1 aliphatic rings. The molecule has 0 aliphatic heterocycles. The third-order valence-electron chi connectivity index (χ3n) is 3.64. The molecule has 3 nitrogen and oxygen atoms in total. The number of hydrogen-bond donors (Lipinski definition) is 1. The number of carboxylic acids is 1. The number of aliphatic carboxylic acids is 1. The van der Waals surface area contributed by atoms with Crippen LogP contribution in [-0.4, -0.2) is 30.1 Å². The van der Waals surface area contributed by atoms with Crippen LogP contribution in [0.3, 0.4) is 0 Å². The number of benzene rings is 1. The van der Waals surface area contributed by atoms with Gasteiger partial charge in [-0.1, -0.05) is 12.1 Å². The summed E-state index contributed by atoms with van der Waals surface area (Å²) in [5.74, 6) is -1.09. The Labute approximate surface area is 106 Å². The zero-order valence-corrected chi connectivity index (χ0v) is 10.9. The summed E-state index contributed by atoms with van der Waals surface area (Å²) in [6.07, 6.45) is 0.703. The van der Waals surface area contributed by atoms with E-state index in [4.69, 9.17) is 5.11 Å². The fraction of sp³-hybridized carbons (Fsp3) is 0.500. The third-order valence-corrected chi connectivity index (χ3v) is 3.64. The molecule has 1 aromatic rings. The minimum atomic E-state index is -0.731. The van der Waals surface area contributed by atoms with Crippen molar-refractivity contribution in [1.82, 2.24) is 4.90 Å². The maximum atomic E-state index is 13.3. The highest BCUT2D eigenvalue weighted by molar-refractivity contribution is 5.73. The second kappa shape index (κ2) is 4.69. The molecule has 1 aromatic carbocycles. The van der Waals surface area contributed by atoms with Crippen LogP contribution in [0, 0.1) is 24.6 Å². The first-order valence-corrected chi connectivity index (χ1v) is 6.07. The molecule has 0 spiro atoms. The van der Waals surface area contributed by atoms with Crippen molar-refractivity contribution in [2.24, 2.45) is 11.8 Å². The quantitative estimate of drug-likeness (QED) is 0.893. The zero-order chi connectivity index (χ0) is 13.4. The van der Waals surface area contributed by atoms with Crippen molar-refractivity contribution in [3.8, 4) is 0 Å². The highest BCUT2D eigenvalue weighted by Crippen LogP contribution is 2.49. The van der Waals surface area contributed by atoms with Crippen LogP contribution in [-0.2, 0) is 4.79 Å². The lowest BCUT2D eigenvalue weighted by molar-refractivity contribution is -0.139. The van der Waals surface area contributed by atoms with E-state index >= 15 is 0 Å². The monoisotopic (exact) mass is 251 g/mol. The molecule has 1 saturated carbocycles. The van der Waals surface area contributed by atoms with Gasteiger partial charge in [0.15, 0.2) is 0 Å². The van der Waals surface area contributed by atoms with Crippen LogP contribution in [0.2, 0.25) is 0 Å². The summed E-state index contributed by atoms with van der Waals surface area (Å²) in [5.41, 5.74) is 1.60.